The number of aryl methyl sites for hydroxylation is 1. The minimum absolute atomic E-state index is 0.0648. The Morgan fingerprint density at radius 1 is 0.983 bits per heavy atom. The number of anilines is 2. The number of amidine groups is 1. The number of pyridine rings is 1. The normalized spacial score (nSPS) is 21.4. The standard InChI is InChI=1S/C44H48N8O7/c1-5-23-50-41(55)34(27-45-3)39(52(50)36-19-11-28-21-22-44(58,6-2)38(28)47-36)46-29-12-14-30(15-13-29)49(4)24-9-7-8-10-25-59-31-16-17-32-33(26-31)43(57)51(42(32)56)35-18-20-37(53)48-40(35)54/h5,11-17,19,26-27,35,58H,1,3,6-10,18,20-25H2,2,4H3,(H,48,53,54)/b34-27+,46-39?/t35?,44-/m1/s1. The smallest absolute Gasteiger partial charge is 0.278 e. The van der Waals surface area contributed by atoms with Gasteiger partial charge >= 0.3 is 0 Å². The fourth-order valence-electron chi connectivity index (χ4n) is 7.96. The van der Waals surface area contributed by atoms with E-state index in [0.29, 0.717) is 48.2 Å². The zero-order chi connectivity index (χ0) is 41.8. The van der Waals surface area contributed by atoms with Gasteiger partial charge < -0.3 is 14.7 Å². The van der Waals surface area contributed by atoms with Crippen LogP contribution in [0.3, 0.4) is 0 Å². The van der Waals surface area contributed by atoms with E-state index < -0.39 is 35.3 Å². The van der Waals surface area contributed by atoms with Crippen molar-refractivity contribution in [2.75, 3.05) is 36.7 Å². The van der Waals surface area contributed by atoms with Gasteiger partial charge in [-0.1, -0.05) is 31.9 Å². The lowest BCUT2D eigenvalue weighted by atomic mass is 9.98. The molecular weight excluding hydrogens is 753 g/mol. The maximum atomic E-state index is 13.7. The first kappa shape index (κ1) is 40.7. The molecule has 0 spiro atoms. The highest BCUT2D eigenvalue weighted by atomic mass is 16.5. The van der Waals surface area contributed by atoms with Crippen molar-refractivity contribution in [2.45, 2.75) is 76.4 Å². The van der Waals surface area contributed by atoms with Crippen LogP contribution in [-0.2, 0) is 26.4 Å². The second-order valence-electron chi connectivity index (χ2n) is 15.1. The molecule has 15 nitrogen and oxygen atoms in total. The Morgan fingerprint density at radius 2 is 1.75 bits per heavy atom. The largest absolute Gasteiger partial charge is 0.494 e. The SMILES string of the molecule is C=CCN1C(=O)/C(=C/N=C)C(=Nc2ccc(N(C)CCCCCCOc3ccc4c(c3)C(=O)N(C3CCC(=O)NC3=O)C4=O)cc2)N1c1ccc2c(n1)[C@@](O)(CC)CC2. The Morgan fingerprint density at radius 3 is 2.47 bits per heavy atom. The number of aliphatic hydroxyl groups is 1. The molecule has 59 heavy (non-hydrogen) atoms. The third-order valence-electron chi connectivity index (χ3n) is 11.3. The summed E-state index contributed by atoms with van der Waals surface area (Å²) in [5, 5.41) is 16.7. The van der Waals surface area contributed by atoms with Crippen molar-refractivity contribution < 1.29 is 33.8 Å². The van der Waals surface area contributed by atoms with Crippen LogP contribution in [0.5, 0.6) is 5.75 Å². The van der Waals surface area contributed by atoms with E-state index in [1.54, 1.807) is 29.3 Å². The molecule has 2 atom stereocenters. The van der Waals surface area contributed by atoms with E-state index in [-0.39, 0.29) is 42.0 Å². The van der Waals surface area contributed by atoms with Gasteiger partial charge in [0.25, 0.3) is 17.7 Å². The molecule has 7 rings (SSSR count). The summed E-state index contributed by atoms with van der Waals surface area (Å²) in [5.74, 6) is -1.21. The van der Waals surface area contributed by atoms with E-state index >= 15 is 0 Å². The third kappa shape index (κ3) is 8.02. The van der Waals surface area contributed by atoms with Crippen molar-refractivity contribution in [3.05, 3.63) is 101 Å². The Labute approximate surface area is 342 Å². The van der Waals surface area contributed by atoms with Crippen LogP contribution >= 0.6 is 0 Å². The summed E-state index contributed by atoms with van der Waals surface area (Å²) in [6.45, 7) is 10.8. The Balaban J connectivity index is 0.926. The number of hydrazine groups is 1. The number of rotatable bonds is 16. The number of carbonyl (C=O) groups excluding carboxylic acids is 5. The average molecular weight is 801 g/mol. The molecule has 5 amide bonds. The van der Waals surface area contributed by atoms with Gasteiger partial charge in [-0.3, -0.25) is 39.2 Å². The number of benzene rings is 2. The molecule has 1 unspecified atom stereocenters. The number of amides is 5. The molecule has 0 radical (unpaired) electrons. The van der Waals surface area contributed by atoms with Crippen LogP contribution in [0.2, 0.25) is 0 Å². The summed E-state index contributed by atoms with van der Waals surface area (Å²) in [4.78, 5) is 80.5. The first-order valence-electron chi connectivity index (χ1n) is 20.0. The second-order valence-corrected chi connectivity index (χ2v) is 15.1. The number of nitrogens with zero attached hydrogens (tertiary/aromatic N) is 7. The minimum Gasteiger partial charge on any atom is -0.494 e. The zero-order valence-electron chi connectivity index (χ0n) is 33.4. The lowest BCUT2D eigenvalue weighted by Gasteiger charge is -2.29. The fourth-order valence-corrected chi connectivity index (χ4v) is 7.96. The van der Waals surface area contributed by atoms with E-state index in [4.69, 9.17) is 14.7 Å². The second kappa shape index (κ2) is 17.2. The van der Waals surface area contributed by atoms with Crippen molar-refractivity contribution in [1.29, 1.82) is 0 Å². The maximum absolute atomic E-state index is 13.7. The van der Waals surface area contributed by atoms with Crippen LogP contribution in [0.1, 0.15) is 90.3 Å². The predicted molar refractivity (Wildman–Crippen MR) is 223 cm³/mol. The van der Waals surface area contributed by atoms with Crippen LogP contribution in [0.4, 0.5) is 17.2 Å². The summed E-state index contributed by atoms with van der Waals surface area (Å²) < 4.78 is 5.91. The number of piperidine rings is 1. The molecule has 306 valence electrons. The molecule has 2 aromatic carbocycles. The van der Waals surface area contributed by atoms with Gasteiger partial charge in [0.05, 0.1) is 35.7 Å². The van der Waals surface area contributed by atoms with Crippen LogP contribution in [0.15, 0.2) is 89.0 Å². The molecule has 3 aliphatic heterocycles. The maximum Gasteiger partial charge on any atom is 0.278 e. The first-order valence-corrected chi connectivity index (χ1v) is 20.0. The zero-order valence-corrected chi connectivity index (χ0v) is 33.4. The highest BCUT2D eigenvalue weighted by molar-refractivity contribution is 6.31. The van der Waals surface area contributed by atoms with Gasteiger partial charge in [0, 0.05) is 31.9 Å². The Hall–Kier alpha value is -6.48. The van der Waals surface area contributed by atoms with Crippen LogP contribution < -0.4 is 20.0 Å². The van der Waals surface area contributed by atoms with E-state index in [9.17, 15) is 29.1 Å². The van der Waals surface area contributed by atoms with Gasteiger partial charge in [-0.15, -0.1) is 6.58 Å². The number of fused-ring (bicyclic) bond motifs is 2. The quantitative estimate of drug-likeness (QED) is 0.0647. The Kier molecular flexibility index (Phi) is 11.8. The lowest BCUT2D eigenvalue weighted by molar-refractivity contribution is -0.136. The van der Waals surface area contributed by atoms with Crippen molar-refractivity contribution in [3.63, 3.8) is 0 Å². The van der Waals surface area contributed by atoms with Gasteiger partial charge in [0.15, 0.2) is 11.7 Å². The van der Waals surface area contributed by atoms with Gasteiger partial charge in [-0.05, 0) is 99.3 Å². The van der Waals surface area contributed by atoms with Crippen molar-refractivity contribution in [2.24, 2.45) is 9.98 Å². The molecule has 1 aromatic heterocycles. The van der Waals surface area contributed by atoms with Crippen LogP contribution in [-0.4, -0.2) is 94.9 Å². The lowest BCUT2D eigenvalue weighted by Crippen LogP contribution is -2.54. The molecule has 2 saturated heterocycles. The minimum atomic E-state index is -1.03. The van der Waals surface area contributed by atoms with Crippen molar-refractivity contribution >= 4 is 59.3 Å². The number of nitrogens with one attached hydrogen (secondary N) is 1. The van der Waals surface area contributed by atoms with Gasteiger partial charge in [0.2, 0.25) is 11.8 Å². The summed E-state index contributed by atoms with van der Waals surface area (Å²) >= 11 is 0. The van der Waals surface area contributed by atoms with Gasteiger partial charge in [0.1, 0.15) is 23.0 Å². The molecule has 0 saturated carbocycles. The fraction of sp³-hybridized carbons (Fsp3) is 0.364. The van der Waals surface area contributed by atoms with E-state index in [0.717, 1.165) is 54.8 Å². The number of carbonyl (C=O) groups is 5. The summed E-state index contributed by atoms with van der Waals surface area (Å²) in [6.07, 6.45) is 8.71. The molecule has 15 heteroatoms. The molecular formula is C44H48N8O7. The molecule has 2 fully saturated rings. The number of imide groups is 2. The van der Waals surface area contributed by atoms with Gasteiger partial charge in [-0.25, -0.2) is 20.0 Å². The Bertz CT molecular complexity index is 2270. The number of unbranched alkanes of at least 4 members (excludes halogenated alkanes) is 3. The molecule has 2 N–H and O–H groups in total. The summed E-state index contributed by atoms with van der Waals surface area (Å²) in [5.41, 5.74) is 2.89. The molecule has 4 aliphatic rings. The van der Waals surface area contributed by atoms with Gasteiger partial charge in [-0.2, -0.15) is 0 Å². The number of ether oxygens (including phenoxy) is 1. The van der Waals surface area contributed by atoms with E-state index in [1.165, 1.54) is 11.2 Å². The van der Waals surface area contributed by atoms with Crippen LogP contribution in [0, 0.1) is 0 Å². The first-order chi connectivity index (χ1) is 28.5. The summed E-state index contributed by atoms with van der Waals surface area (Å²) in [6, 6.07) is 15.3. The van der Waals surface area contributed by atoms with Crippen molar-refractivity contribution in [3.8, 4) is 5.75 Å². The van der Waals surface area contributed by atoms with Crippen LogP contribution in [0.25, 0.3) is 0 Å². The number of hydrogen-bond acceptors (Lipinski definition) is 11. The number of hydrogen-bond donors (Lipinski definition) is 2. The number of aliphatic imine (C=N–C) groups is 2. The predicted octanol–water partition coefficient (Wildman–Crippen LogP) is 5.17. The van der Waals surface area contributed by atoms with Crippen molar-refractivity contribution in [1.82, 2.24) is 20.2 Å². The monoisotopic (exact) mass is 800 g/mol. The molecule has 4 heterocycles. The average Bonchev–Trinajstić information content (AvgIpc) is 3.79. The van der Waals surface area contributed by atoms with E-state index in [1.807, 2.05) is 50.4 Å². The summed E-state index contributed by atoms with van der Waals surface area (Å²) in [7, 11) is 2.03. The highest BCUT2D eigenvalue weighted by Crippen LogP contribution is 2.40. The molecule has 3 aromatic rings. The molecule has 1 aliphatic carbocycles. The molecule has 0 bridgehead atoms. The highest BCUT2D eigenvalue weighted by Gasteiger charge is 2.45. The third-order valence-corrected chi connectivity index (χ3v) is 11.3. The number of aromatic nitrogens is 1. The topological polar surface area (TPSA) is 177 Å². The van der Waals surface area contributed by atoms with E-state index in [2.05, 4.69) is 28.5 Å².